The molecule has 0 amide bonds. The highest BCUT2D eigenvalue weighted by atomic mass is 27.1. The Morgan fingerprint density at radius 2 is 1.41 bits per heavy atom. The molecule has 2 heteroatoms. The SMILES string of the molecule is CCCCC[CH2][AlH][C](=O)C(c1ccccc1)c1ccccc1. The van der Waals surface area contributed by atoms with Gasteiger partial charge in [-0.1, -0.05) is 98.6 Å². The molecule has 114 valence electrons. The summed E-state index contributed by atoms with van der Waals surface area (Å²) in [6.07, 6.45) is 5.05. The first kappa shape index (κ1) is 17.0. The first-order valence-corrected chi connectivity index (χ1v) is 10.2. The molecule has 22 heavy (non-hydrogen) atoms. The Balaban J connectivity index is 2.07. The molecule has 1 nitrogen and oxygen atoms in total. The van der Waals surface area contributed by atoms with E-state index in [1.807, 2.05) is 36.4 Å². The van der Waals surface area contributed by atoms with Crippen LogP contribution in [0.4, 0.5) is 0 Å². The minimum atomic E-state index is -0.666. The van der Waals surface area contributed by atoms with E-state index in [-0.39, 0.29) is 5.92 Å². The number of unbranched alkanes of at least 4 members (excludes halogenated alkanes) is 3. The highest BCUT2D eigenvalue weighted by Crippen LogP contribution is 2.25. The molecule has 0 radical (unpaired) electrons. The van der Waals surface area contributed by atoms with Crippen molar-refractivity contribution in [1.29, 1.82) is 0 Å². The Kier molecular flexibility index (Phi) is 7.43. The predicted octanol–water partition coefficient (Wildman–Crippen LogP) is 4.78. The van der Waals surface area contributed by atoms with Crippen molar-refractivity contribution >= 4 is 19.9 Å². The zero-order valence-electron chi connectivity index (χ0n) is 13.5. The van der Waals surface area contributed by atoms with Gasteiger partial charge in [-0.3, -0.25) is 0 Å². The van der Waals surface area contributed by atoms with Crippen LogP contribution in [-0.4, -0.2) is 19.9 Å². The lowest BCUT2D eigenvalue weighted by atomic mass is 9.92. The summed E-state index contributed by atoms with van der Waals surface area (Å²) in [5, 5.41) is 1.15. The second-order valence-electron chi connectivity index (χ2n) is 5.88. The minimum Gasteiger partial charge on any atom is -0.320 e. The van der Waals surface area contributed by atoms with Gasteiger partial charge in [0.1, 0.15) is 0 Å². The number of carbonyl (C=O) groups excluding carboxylic acids is 1. The summed E-state index contributed by atoms with van der Waals surface area (Å²) in [4.78, 5) is 12.8. The molecule has 0 unspecified atom stereocenters. The van der Waals surface area contributed by atoms with Gasteiger partial charge in [0.25, 0.3) is 0 Å². The molecule has 0 spiro atoms. The van der Waals surface area contributed by atoms with Gasteiger partial charge in [-0.15, -0.1) is 0 Å². The maximum absolute atomic E-state index is 12.8. The fourth-order valence-electron chi connectivity index (χ4n) is 2.90. The van der Waals surface area contributed by atoms with Crippen LogP contribution in [0.15, 0.2) is 60.7 Å². The molecule has 0 N–H and O–H groups in total. The first-order valence-electron chi connectivity index (χ1n) is 8.45. The molecule has 2 aromatic rings. The predicted molar refractivity (Wildman–Crippen MR) is 95.8 cm³/mol. The lowest BCUT2D eigenvalue weighted by Crippen LogP contribution is -2.20. The number of hydrogen-bond acceptors (Lipinski definition) is 1. The Bertz CT molecular complexity index is 511. The third kappa shape index (κ3) is 5.13. The van der Waals surface area contributed by atoms with Crippen LogP contribution < -0.4 is 0 Å². The van der Waals surface area contributed by atoms with E-state index < -0.39 is 15.2 Å². The van der Waals surface area contributed by atoms with Crippen molar-refractivity contribution in [3.05, 3.63) is 71.8 Å². The smallest absolute Gasteiger partial charge is 0.320 e. The van der Waals surface area contributed by atoms with Crippen molar-refractivity contribution in [2.24, 2.45) is 0 Å². The van der Waals surface area contributed by atoms with Crippen LogP contribution in [0.3, 0.4) is 0 Å². The molecule has 2 aromatic carbocycles. The van der Waals surface area contributed by atoms with Crippen molar-refractivity contribution in [2.75, 3.05) is 0 Å². The van der Waals surface area contributed by atoms with Gasteiger partial charge in [-0.05, 0) is 11.1 Å². The fraction of sp³-hybridized carbons (Fsp3) is 0.350. The average molecular weight is 308 g/mol. The lowest BCUT2D eigenvalue weighted by Gasteiger charge is -2.17. The van der Waals surface area contributed by atoms with Gasteiger partial charge in [0.15, 0.2) is 0 Å². The summed E-state index contributed by atoms with van der Waals surface area (Å²) in [7, 11) is 0. The molecule has 0 bridgehead atoms. The van der Waals surface area contributed by atoms with E-state index in [1.165, 1.54) is 25.7 Å². The molecule has 0 aliphatic rings. The third-order valence-corrected chi connectivity index (χ3v) is 5.87. The topological polar surface area (TPSA) is 17.1 Å². The molecule has 0 aromatic heterocycles. The van der Waals surface area contributed by atoms with Gasteiger partial charge in [0, 0.05) is 5.92 Å². The molecule has 0 saturated heterocycles. The fourth-order valence-corrected chi connectivity index (χ4v) is 4.61. The molecule has 0 aliphatic heterocycles. The van der Waals surface area contributed by atoms with Crippen molar-refractivity contribution < 1.29 is 4.79 Å². The highest BCUT2D eigenvalue weighted by Gasteiger charge is 2.22. The van der Waals surface area contributed by atoms with E-state index in [0.717, 1.165) is 16.4 Å². The van der Waals surface area contributed by atoms with Crippen molar-refractivity contribution in [2.45, 2.75) is 43.8 Å². The van der Waals surface area contributed by atoms with Crippen LogP contribution in [0.2, 0.25) is 5.28 Å². The Labute approximate surface area is 140 Å². The van der Waals surface area contributed by atoms with E-state index >= 15 is 0 Å². The molecule has 0 aliphatic carbocycles. The zero-order chi connectivity index (χ0) is 15.6. The molecule has 2 rings (SSSR count). The molecular formula is C20H25AlO. The van der Waals surface area contributed by atoms with E-state index in [9.17, 15) is 4.79 Å². The maximum atomic E-state index is 12.8. The largest absolute Gasteiger partial charge is 0.344 e. The summed E-state index contributed by atoms with van der Waals surface area (Å²) in [5.74, 6) is -0.0553. The molecular weight excluding hydrogens is 283 g/mol. The minimum absolute atomic E-state index is 0.0553. The second kappa shape index (κ2) is 9.62. The van der Waals surface area contributed by atoms with Crippen LogP contribution in [0.5, 0.6) is 0 Å². The zero-order valence-corrected chi connectivity index (χ0v) is 14.9. The van der Waals surface area contributed by atoms with Crippen LogP contribution in [0.25, 0.3) is 0 Å². The summed E-state index contributed by atoms with van der Waals surface area (Å²) in [6, 6.07) is 20.5. The van der Waals surface area contributed by atoms with Gasteiger partial charge in [-0.2, -0.15) is 0 Å². The standard InChI is InChI=1S/C14H11O.C6H13.Al.H/c15-11-14(12-7-3-1-4-8-12)13-9-5-2-6-10-13;1-3-5-6-4-2;;/h1-10,14H;1,3-6H2,2H3;;. The van der Waals surface area contributed by atoms with Crippen molar-refractivity contribution in [3.8, 4) is 0 Å². The maximum Gasteiger partial charge on any atom is 0.344 e. The summed E-state index contributed by atoms with van der Waals surface area (Å²) in [6.45, 7) is 2.23. The normalized spacial score (nSPS) is 10.6. The van der Waals surface area contributed by atoms with E-state index in [1.54, 1.807) is 0 Å². The summed E-state index contributed by atoms with van der Waals surface area (Å²) >= 11 is -0.666. The van der Waals surface area contributed by atoms with Crippen LogP contribution >= 0.6 is 0 Å². The molecule has 0 heterocycles. The van der Waals surface area contributed by atoms with Gasteiger partial charge in [0.2, 0.25) is 0 Å². The summed E-state index contributed by atoms with van der Waals surface area (Å²) < 4.78 is 0.480. The van der Waals surface area contributed by atoms with E-state index in [4.69, 9.17) is 0 Å². The van der Waals surface area contributed by atoms with Crippen LogP contribution in [0, 0.1) is 0 Å². The second-order valence-corrected chi connectivity index (χ2v) is 7.79. The van der Waals surface area contributed by atoms with Gasteiger partial charge in [-0.25, -0.2) is 0 Å². The number of benzene rings is 2. The van der Waals surface area contributed by atoms with Crippen molar-refractivity contribution in [3.63, 3.8) is 0 Å². The Morgan fingerprint density at radius 3 is 1.91 bits per heavy atom. The monoisotopic (exact) mass is 308 g/mol. The third-order valence-electron chi connectivity index (χ3n) is 4.11. The van der Waals surface area contributed by atoms with Gasteiger partial charge >= 0.3 is 15.2 Å². The highest BCUT2D eigenvalue weighted by molar-refractivity contribution is 6.75. The molecule has 0 fully saturated rings. The first-order chi connectivity index (χ1) is 10.8. The summed E-state index contributed by atoms with van der Waals surface area (Å²) in [5.41, 5.74) is 2.28. The van der Waals surface area contributed by atoms with Gasteiger partial charge < -0.3 is 4.79 Å². The van der Waals surface area contributed by atoms with Crippen molar-refractivity contribution in [1.82, 2.24) is 0 Å². The van der Waals surface area contributed by atoms with E-state index in [0.29, 0.717) is 4.65 Å². The quantitative estimate of drug-likeness (QED) is 0.481. The molecule has 0 atom stereocenters. The van der Waals surface area contributed by atoms with Crippen LogP contribution in [0.1, 0.15) is 49.7 Å². The van der Waals surface area contributed by atoms with Gasteiger partial charge in [0.05, 0.1) is 4.65 Å². The number of carbonyl (C=O) groups is 1. The number of rotatable bonds is 9. The Hall–Kier alpha value is -1.36. The average Bonchev–Trinajstić information content (AvgIpc) is 2.57. The van der Waals surface area contributed by atoms with Crippen LogP contribution in [-0.2, 0) is 4.79 Å². The molecule has 0 saturated carbocycles. The Morgan fingerprint density at radius 1 is 0.864 bits per heavy atom. The number of hydrogen-bond donors (Lipinski definition) is 0. The van der Waals surface area contributed by atoms with E-state index in [2.05, 4.69) is 31.2 Å². The lowest BCUT2D eigenvalue weighted by molar-refractivity contribution is -0.112.